The molecule has 1 aliphatic heterocycles. The fourth-order valence-corrected chi connectivity index (χ4v) is 2.75. The molecule has 110 valence electrons. The van der Waals surface area contributed by atoms with Gasteiger partial charge in [-0.05, 0) is 37.8 Å². The van der Waals surface area contributed by atoms with Crippen molar-refractivity contribution in [1.29, 1.82) is 0 Å². The zero-order valence-electron chi connectivity index (χ0n) is 12.2. The molecule has 2 rings (SSSR count). The molecule has 5 nitrogen and oxygen atoms in total. The summed E-state index contributed by atoms with van der Waals surface area (Å²) in [5, 5.41) is 0. The first-order chi connectivity index (χ1) is 9.69. The van der Waals surface area contributed by atoms with Gasteiger partial charge in [0.05, 0.1) is 7.11 Å². The number of nitrogens with zero attached hydrogens (tertiary/aromatic N) is 2. The van der Waals surface area contributed by atoms with E-state index in [9.17, 15) is 9.59 Å². The molecular formula is C15H22N2O3. The van der Waals surface area contributed by atoms with Gasteiger partial charge in [0.2, 0.25) is 0 Å². The van der Waals surface area contributed by atoms with E-state index < -0.39 is 6.04 Å². The predicted molar refractivity (Wildman–Crippen MR) is 75.4 cm³/mol. The summed E-state index contributed by atoms with van der Waals surface area (Å²) in [5.41, 5.74) is 0.655. The Balaban J connectivity index is 2.21. The van der Waals surface area contributed by atoms with E-state index in [1.165, 1.54) is 7.11 Å². The average Bonchev–Trinajstić information content (AvgIpc) is 2.94. The van der Waals surface area contributed by atoms with Crippen molar-refractivity contribution in [3.05, 3.63) is 24.0 Å². The van der Waals surface area contributed by atoms with Gasteiger partial charge in [0, 0.05) is 19.3 Å². The Kier molecular flexibility index (Phi) is 4.82. The second-order valence-corrected chi connectivity index (χ2v) is 5.12. The SMILES string of the molecule is CCCn1cccc1C(=O)N1CCCCC1C(=O)OC. The van der Waals surface area contributed by atoms with E-state index in [0.29, 0.717) is 18.7 Å². The lowest BCUT2D eigenvalue weighted by atomic mass is 10.0. The van der Waals surface area contributed by atoms with Gasteiger partial charge in [0.15, 0.2) is 0 Å². The van der Waals surface area contributed by atoms with Crippen molar-refractivity contribution < 1.29 is 14.3 Å². The topological polar surface area (TPSA) is 51.5 Å². The normalized spacial score (nSPS) is 18.9. The van der Waals surface area contributed by atoms with Crippen LogP contribution >= 0.6 is 0 Å². The van der Waals surface area contributed by atoms with Gasteiger partial charge in [-0.15, -0.1) is 0 Å². The highest BCUT2D eigenvalue weighted by Crippen LogP contribution is 2.21. The Bertz CT molecular complexity index is 481. The summed E-state index contributed by atoms with van der Waals surface area (Å²) in [7, 11) is 1.37. The molecule has 1 saturated heterocycles. The third-order valence-corrected chi connectivity index (χ3v) is 3.75. The zero-order valence-corrected chi connectivity index (χ0v) is 12.2. The molecular weight excluding hydrogens is 256 g/mol. The fraction of sp³-hybridized carbons (Fsp3) is 0.600. The molecule has 0 N–H and O–H groups in total. The third kappa shape index (κ3) is 2.86. The van der Waals surface area contributed by atoms with E-state index in [2.05, 4.69) is 6.92 Å². The van der Waals surface area contributed by atoms with Crippen LogP contribution in [0.25, 0.3) is 0 Å². The molecule has 1 unspecified atom stereocenters. The minimum absolute atomic E-state index is 0.0708. The number of ether oxygens (including phenoxy) is 1. The largest absolute Gasteiger partial charge is 0.467 e. The van der Waals surface area contributed by atoms with Crippen LogP contribution in [0.2, 0.25) is 0 Å². The first-order valence-electron chi connectivity index (χ1n) is 7.23. The molecule has 0 saturated carbocycles. The van der Waals surface area contributed by atoms with E-state index in [1.54, 1.807) is 4.90 Å². The molecule has 2 heterocycles. The highest BCUT2D eigenvalue weighted by atomic mass is 16.5. The van der Waals surface area contributed by atoms with E-state index in [1.807, 2.05) is 22.9 Å². The number of rotatable bonds is 4. The van der Waals surface area contributed by atoms with Crippen LogP contribution in [0, 0.1) is 0 Å². The maximum Gasteiger partial charge on any atom is 0.328 e. The van der Waals surface area contributed by atoms with E-state index in [4.69, 9.17) is 4.74 Å². The number of aromatic nitrogens is 1. The smallest absolute Gasteiger partial charge is 0.328 e. The van der Waals surface area contributed by atoms with Crippen LogP contribution < -0.4 is 0 Å². The fourth-order valence-electron chi connectivity index (χ4n) is 2.75. The van der Waals surface area contributed by atoms with Crippen molar-refractivity contribution in [2.45, 2.75) is 45.2 Å². The Morgan fingerprint density at radius 1 is 1.40 bits per heavy atom. The number of esters is 1. The van der Waals surface area contributed by atoms with Crippen LogP contribution in [0.4, 0.5) is 0 Å². The molecule has 0 aliphatic carbocycles. The van der Waals surface area contributed by atoms with Crippen LogP contribution in [0.5, 0.6) is 0 Å². The number of carbonyl (C=O) groups is 2. The van der Waals surface area contributed by atoms with Crippen molar-refractivity contribution in [1.82, 2.24) is 9.47 Å². The van der Waals surface area contributed by atoms with Crippen molar-refractivity contribution in [3.8, 4) is 0 Å². The van der Waals surface area contributed by atoms with Crippen LogP contribution in [0.1, 0.15) is 43.1 Å². The van der Waals surface area contributed by atoms with Gasteiger partial charge in [0.25, 0.3) is 5.91 Å². The maximum atomic E-state index is 12.7. The lowest BCUT2D eigenvalue weighted by Crippen LogP contribution is -2.48. The number of methoxy groups -OCH3 is 1. The number of carbonyl (C=O) groups excluding carboxylic acids is 2. The van der Waals surface area contributed by atoms with Crippen LogP contribution in [0.15, 0.2) is 18.3 Å². The summed E-state index contributed by atoms with van der Waals surface area (Å²) in [6.07, 6.45) is 5.46. The van der Waals surface area contributed by atoms with Gasteiger partial charge in [-0.2, -0.15) is 0 Å². The summed E-state index contributed by atoms with van der Waals surface area (Å²) >= 11 is 0. The van der Waals surface area contributed by atoms with Crippen LogP contribution in [-0.4, -0.2) is 41.0 Å². The molecule has 0 spiro atoms. The second kappa shape index (κ2) is 6.59. The number of hydrogen-bond acceptors (Lipinski definition) is 3. The molecule has 0 bridgehead atoms. The van der Waals surface area contributed by atoms with Crippen molar-refractivity contribution >= 4 is 11.9 Å². The Labute approximate surface area is 119 Å². The molecule has 1 aliphatic rings. The Morgan fingerprint density at radius 3 is 2.90 bits per heavy atom. The van der Waals surface area contributed by atoms with Gasteiger partial charge < -0.3 is 14.2 Å². The molecule has 1 amide bonds. The quantitative estimate of drug-likeness (QED) is 0.792. The van der Waals surface area contributed by atoms with Gasteiger partial charge >= 0.3 is 5.97 Å². The van der Waals surface area contributed by atoms with Crippen molar-refractivity contribution in [2.24, 2.45) is 0 Å². The van der Waals surface area contributed by atoms with Gasteiger partial charge in [-0.1, -0.05) is 6.92 Å². The van der Waals surface area contributed by atoms with Gasteiger partial charge in [-0.3, -0.25) is 4.79 Å². The minimum Gasteiger partial charge on any atom is -0.467 e. The number of aryl methyl sites for hydroxylation is 1. The van der Waals surface area contributed by atoms with Crippen LogP contribution in [0.3, 0.4) is 0 Å². The molecule has 0 aromatic carbocycles. The lowest BCUT2D eigenvalue weighted by molar-refractivity contribution is -0.147. The standard InChI is InChI=1S/C15H22N2O3/c1-3-9-16-10-6-8-12(16)14(18)17-11-5-4-7-13(17)15(19)20-2/h6,8,10,13H,3-5,7,9,11H2,1-2H3. The first kappa shape index (κ1) is 14.6. The average molecular weight is 278 g/mol. The molecule has 0 radical (unpaired) electrons. The molecule has 20 heavy (non-hydrogen) atoms. The van der Waals surface area contributed by atoms with Crippen molar-refractivity contribution in [3.63, 3.8) is 0 Å². The molecule has 1 aromatic rings. The molecule has 5 heteroatoms. The second-order valence-electron chi connectivity index (χ2n) is 5.12. The predicted octanol–water partition coefficient (Wildman–Crippen LogP) is 2.07. The van der Waals surface area contributed by atoms with E-state index in [-0.39, 0.29) is 11.9 Å². The number of likely N-dealkylation sites (tertiary alicyclic amines) is 1. The maximum absolute atomic E-state index is 12.7. The Morgan fingerprint density at radius 2 is 2.20 bits per heavy atom. The molecule has 1 aromatic heterocycles. The summed E-state index contributed by atoms with van der Waals surface area (Å²) in [6.45, 7) is 3.51. The summed E-state index contributed by atoms with van der Waals surface area (Å²) < 4.78 is 6.78. The van der Waals surface area contributed by atoms with E-state index >= 15 is 0 Å². The molecule has 1 atom stereocenters. The summed E-state index contributed by atoms with van der Waals surface area (Å²) in [5.74, 6) is -0.384. The Hall–Kier alpha value is -1.78. The first-order valence-corrected chi connectivity index (χ1v) is 7.23. The van der Waals surface area contributed by atoms with E-state index in [0.717, 1.165) is 25.8 Å². The number of hydrogen-bond donors (Lipinski definition) is 0. The lowest BCUT2D eigenvalue weighted by Gasteiger charge is -2.33. The highest BCUT2D eigenvalue weighted by Gasteiger charge is 2.34. The summed E-state index contributed by atoms with van der Waals surface area (Å²) in [4.78, 5) is 26.2. The van der Waals surface area contributed by atoms with Gasteiger partial charge in [-0.25, -0.2) is 4.79 Å². The third-order valence-electron chi connectivity index (χ3n) is 3.75. The minimum atomic E-state index is -0.439. The zero-order chi connectivity index (χ0) is 14.5. The monoisotopic (exact) mass is 278 g/mol. The van der Waals surface area contributed by atoms with Gasteiger partial charge in [0.1, 0.15) is 11.7 Å². The highest BCUT2D eigenvalue weighted by molar-refractivity contribution is 5.95. The number of amides is 1. The number of piperidine rings is 1. The summed E-state index contributed by atoms with van der Waals surface area (Å²) in [6, 6.07) is 3.26. The molecule has 1 fully saturated rings. The van der Waals surface area contributed by atoms with Crippen molar-refractivity contribution in [2.75, 3.05) is 13.7 Å². The van der Waals surface area contributed by atoms with Crippen LogP contribution in [-0.2, 0) is 16.1 Å².